The van der Waals surface area contributed by atoms with Crippen LogP contribution in [-0.4, -0.2) is 74.2 Å². The third-order valence-electron chi connectivity index (χ3n) is 6.13. The predicted molar refractivity (Wildman–Crippen MR) is 161 cm³/mol. The molecule has 1 aromatic carbocycles. The van der Waals surface area contributed by atoms with Gasteiger partial charge in [-0.25, -0.2) is 0 Å². The molecule has 0 aliphatic heterocycles. The van der Waals surface area contributed by atoms with Crippen LogP contribution in [0.15, 0.2) is 24.3 Å². The Hall–Kier alpha value is 0.612. The van der Waals surface area contributed by atoms with E-state index in [0.29, 0.717) is 58.0 Å². The fraction of sp³-hybridized carbons (Fsp3) is 0.250. The number of benzene rings is 1. The van der Waals surface area contributed by atoms with E-state index in [4.69, 9.17) is 0 Å². The molecule has 0 aliphatic carbocycles. The zero-order chi connectivity index (χ0) is 22.2. The van der Waals surface area contributed by atoms with Crippen LogP contribution in [0.5, 0.6) is 0 Å². The Labute approximate surface area is 221 Å². The second kappa shape index (κ2) is 7.10. The van der Waals surface area contributed by atoms with Crippen LogP contribution in [0.3, 0.4) is 0 Å². The van der Waals surface area contributed by atoms with Gasteiger partial charge in [-0.1, -0.05) is 0 Å². The Balaban J connectivity index is 1.57. The van der Waals surface area contributed by atoms with Crippen LogP contribution in [-0.2, 0) is 0 Å². The van der Waals surface area contributed by atoms with Crippen molar-refractivity contribution >= 4 is 160 Å². The molecule has 0 bridgehead atoms. The average Bonchev–Trinajstić information content (AvgIpc) is 3.45. The van der Waals surface area contributed by atoms with E-state index in [-0.39, 0.29) is 0 Å². The Morgan fingerprint density at radius 3 is 1.34 bits per heavy atom. The number of hydrogen-bond acceptors (Lipinski definition) is 2. The summed E-state index contributed by atoms with van der Waals surface area (Å²) in [6, 6.07) is 10.3. The van der Waals surface area contributed by atoms with Gasteiger partial charge in [-0.15, -0.1) is 0 Å². The van der Waals surface area contributed by atoms with Crippen molar-refractivity contribution in [2.24, 2.45) is 0 Å². The summed E-state index contributed by atoms with van der Waals surface area (Å²) in [6.07, 6.45) is 0. The maximum atomic E-state index is 2.61. The van der Waals surface area contributed by atoms with Gasteiger partial charge in [-0.05, 0) is 0 Å². The molecule has 6 heterocycles. The standard InChI is InChI=1S/C24H22S2Se4Si2/c1-31(2,3)15-9-11-21(29-15)23-19(25-11)17-13(27-23)7-8-14-18(17)20-24(28-14)22-12(26-20)10-16(30-22)32(4,5)6/h7-10H,1-6H3. The van der Waals surface area contributed by atoms with Crippen LogP contribution >= 0.6 is 22.7 Å². The molecule has 32 heavy (non-hydrogen) atoms. The summed E-state index contributed by atoms with van der Waals surface area (Å²) in [6.45, 7) is 15.1. The molecule has 0 fully saturated rings. The van der Waals surface area contributed by atoms with E-state index in [1.54, 1.807) is 55.1 Å². The van der Waals surface area contributed by atoms with E-state index in [0.717, 1.165) is 0 Å². The topological polar surface area (TPSA) is 0 Å². The van der Waals surface area contributed by atoms with E-state index in [2.05, 4.69) is 86.2 Å². The van der Waals surface area contributed by atoms with Crippen molar-refractivity contribution in [1.29, 1.82) is 0 Å². The van der Waals surface area contributed by atoms with Gasteiger partial charge in [0.05, 0.1) is 0 Å². The van der Waals surface area contributed by atoms with Crippen LogP contribution < -0.4 is 8.12 Å². The van der Waals surface area contributed by atoms with Crippen LogP contribution in [0.25, 0.3) is 55.1 Å². The molecule has 0 nitrogen and oxygen atoms in total. The van der Waals surface area contributed by atoms with Crippen molar-refractivity contribution in [1.82, 2.24) is 0 Å². The quantitative estimate of drug-likeness (QED) is 0.189. The molecule has 0 saturated heterocycles. The van der Waals surface area contributed by atoms with Gasteiger partial charge in [0.1, 0.15) is 0 Å². The summed E-state index contributed by atoms with van der Waals surface area (Å²) < 4.78 is 20.6. The minimum atomic E-state index is -1.18. The molecule has 0 spiro atoms. The van der Waals surface area contributed by atoms with Gasteiger partial charge in [-0.2, -0.15) is 0 Å². The molecular formula is C24H22S2Se4Si2. The van der Waals surface area contributed by atoms with E-state index in [1.165, 1.54) is 0 Å². The van der Waals surface area contributed by atoms with E-state index >= 15 is 0 Å². The number of thiophene rings is 2. The third kappa shape index (κ3) is 3.06. The fourth-order valence-electron chi connectivity index (χ4n) is 4.39. The van der Waals surface area contributed by atoms with Gasteiger partial charge in [0, 0.05) is 0 Å². The van der Waals surface area contributed by atoms with Gasteiger partial charge in [0.25, 0.3) is 0 Å². The SMILES string of the molecule is C[Si](C)(C)c1cc2sc3c([se]c4ccc5[se]c6c(sc7cc([Si](C)(C)C)[se]c76)c5c43)c2[se]1. The van der Waals surface area contributed by atoms with Crippen molar-refractivity contribution < 1.29 is 0 Å². The van der Waals surface area contributed by atoms with E-state index in [1.807, 2.05) is 8.12 Å². The Morgan fingerprint density at radius 1 is 0.562 bits per heavy atom. The second-order valence-electron chi connectivity index (χ2n) is 10.6. The van der Waals surface area contributed by atoms with Gasteiger partial charge in [-0.3, -0.25) is 0 Å². The van der Waals surface area contributed by atoms with Crippen molar-refractivity contribution in [2.75, 3.05) is 0 Å². The van der Waals surface area contributed by atoms with E-state index in [9.17, 15) is 0 Å². The summed E-state index contributed by atoms with van der Waals surface area (Å²) in [5.41, 5.74) is 0. The zero-order valence-electron chi connectivity index (χ0n) is 18.8. The molecule has 6 aromatic heterocycles. The minimum absolute atomic E-state index is 0.499. The van der Waals surface area contributed by atoms with E-state index < -0.39 is 16.1 Å². The first kappa shape index (κ1) is 21.9. The fourth-order valence-corrected chi connectivity index (χ4v) is 26.0. The summed E-state index contributed by atoms with van der Waals surface area (Å²) >= 11 is 6.43. The molecule has 0 aliphatic rings. The monoisotopic (exact) mass is 750 g/mol. The molecule has 7 rings (SSSR count). The van der Waals surface area contributed by atoms with Crippen molar-refractivity contribution in [2.45, 2.75) is 39.3 Å². The zero-order valence-corrected chi connectivity index (χ0v) is 29.2. The number of rotatable bonds is 2. The molecule has 0 amide bonds. The van der Waals surface area contributed by atoms with Gasteiger partial charge in [0.2, 0.25) is 0 Å². The summed E-state index contributed by atoms with van der Waals surface area (Å²) in [5, 5.41) is 3.33. The average molecular weight is 747 g/mol. The first-order valence-electron chi connectivity index (χ1n) is 10.8. The first-order chi connectivity index (χ1) is 15.1. The normalized spacial score (nSPS) is 13.9. The maximum absolute atomic E-state index is 2.61. The molecule has 7 aromatic rings. The molecule has 0 unspecified atom stereocenters. The second-order valence-corrected chi connectivity index (χ2v) is 33.3. The first-order valence-corrected chi connectivity index (χ1v) is 26.3. The van der Waals surface area contributed by atoms with Gasteiger partial charge < -0.3 is 0 Å². The molecule has 0 atom stereocenters. The number of hydrogen-bond donors (Lipinski definition) is 0. The van der Waals surface area contributed by atoms with Crippen molar-refractivity contribution in [3.05, 3.63) is 24.3 Å². The predicted octanol–water partition coefficient (Wildman–Crippen LogP) is 6.05. The Morgan fingerprint density at radius 2 is 0.969 bits per heavy atom. The Kier molecular flexibility index (Phi) is 4.85. The van der Waals surface area contributed by atoms with Gasteiger partial charge in [0.15, 0.2) is 0 Å². The molecular weight excluding hydrogens is 724 g/mol. The van der Waals surface area contributed by atoms with Crippen LogP contribution in [0.1, 0.15) is 0 Å². The molecule has 8 heteroatoms. The summed E-state index contributed by atoms with van der Waals surface area (Å²) in [4.78, 5) is 0. The van der Waals surface area contributed by atoms with Crippen LogP contribution in [0.2, 0.25) is 39.3 Å². The molecule has 162 valence electrons. The third-order valence-corrected chi connectivity index (χ3v) is 31.9. The van der Waals surface area contributed by atoms with Crippen LogP contribution in [0, 0.1) is 0 Å². The Bertz CT molecular complexity index is 1720. The van der Waals surface area contributed by atoms with Crippen molar-refractivity contribution in [3.8, 4) is 0 Å². The van der Waals surface area contributed by atoms with Gasteiger partial charge >= 0.3 is 224 Å². The number of fused-ring (bicyclic) bond motifs is 11. The molecule has 0 N–H and O–H groups in total. The summed E-state index contributed by atoms with van der Waals surface area (Å²) in [7, 11) is -2.35. The molecule has 0 saturated carbocycles. The molecule has 0 radical (unpaired) electrons. The van der Waals surface area contributed by atoms with Crippen molar-refractivity contribution in [3.63, 3.8) is 0 Å². The van der Waals surface area contributed by atoms with Crippen LogP contribution in [0.4, 0.5) is 0 Å². The summed E-state index contributed by atoms with van der Waals surface area (Å²) in [5.74, 6) is 0.